The fraction of sp³-hybridized carbons (Fsp3) is 0.238. The number of anilines is 1. The number of methoxy groups -OCH3 is 1. The summed E-state index contributed by atoms with van der Waals surface area (Å²) in [4.78, 5) is 26.2. The summed E-state index contributed by atoms with van der Waals surface area (Å²) in [6.45, 7) is 0.115. The molecule has 2 N–H and O–H groups in total. The number of rotatable bonds is 7. The van der Waals surface area contributed by atoms with Gasteiger partial charge in [-0.15, -0.1) is 0 Å². The summed E-state index contributed by atoms with van der Waals surface area (Å²) in [7, 11) is 1.29. The van der Waals surface area contributed by atoms with E-state index in [9.17, 15) is 9.59 Å². The third-order valence-corrected chi connectivity index (χ3v) is 4.47. The second-order valence-corrected chi connectivity index (χ2v) is 6.24. The molecule has 27 heavy (non-hydrogen) atoms. The third kappa shape index (κ3) is 4.17. The highest BCUT2D eigenvalue weighted by atomic mass is 16.5. The molecule has 0 spiro atoms. The Balaban J connectivity index is 1.90. The molecule has 0 saturated heterocycles. The number of carbonyl (C=O) groups excluding carboxylic acids is 2. The molecule has 1 amide bonds. The van der Waals surface area contributed by atoms with Crippen LogP contribution in [-0.2, 0) is 20.7 Å². The van der Waals surface area contributed by atoms with Crippen LogP contribution in [0.1, 0.15) is 11.1 Å². The van der Waals surface area contributed by atoms with E-state index in [1.165, 1.54) is 12.0 Å². The maximum absolute atomic E-state index is 12.7. The Hall–Kier alpha value is -3.12. The van der Waals surface area contributed by atoms with Crippen LogP contribution in [0.4, 0.5) is 5.69 Å². The van der Waals surface area contributed by atoms with Gasteiger partial charge in [0.1, 0.15) is 5.70 Å². The minimum absolute atomic E-state index is 0.120. The summed E-state index contributed by atoms with van der Waals surface area (Å²) in [5, 5.41) is 12.3. The number of hydrogen-bond donors (Lipinski definition) is 2. The molecule has 6 nitrogen and oxygen atoms in total. The lowest BCUT2D eigenvalue weighted by Crippen LogP contribution is -2.31. The molecule has 0 unspecified atom stereocenters. The lowest BCUT2D eigenvalue weighted by Gasteiger charge is -2.16. The standard InChI is InChI=1S/C21H22N2O4/c1-27-21(26)17-14-23(11-12-24)20(25)19(17)22-18-10-6-5-9-16(18)13-15-7-3-2-4-8-15/h2-10,22,24H,11-14H2,1H3. The molecule has 3 rings (SSSR count). The maximum Gasteiger partial charge on any atom is 0.337 e. The van der Waals surface area contributed by atoms with Crippen LogP contribution in [-0.4, -0.2) is 48.7 Å². The zero-order valence-corrected chi connectivity index (χ0v) is 15.1. The van der Waals surface area contributed by atoms with Gasteiger partial charge in [0.15, 0.2) is 0 Å². The van der Waals surface area contributed by atoms with E-state index in [1.54, 1.807) is 0 Å². The number of esters is 1. The molecule has 2 aromatic rings. The van der Waals surface area contributed by atoms with Gasteiger partial charge in [-0.05, 0) is 23.6 Å². The van der Waals surface area contributed by atoms with Crippen molar-refractivity contribution in [2.24, 2.45) is 0 Å². The molecule has 0 fully saturated rings. The first kappa shape index (κ1) is 18.7. The van der Waals surface area contributed by atoms with Gasteiger partial charge >= 0.3 is 5.97 Å². The predicted octanol–water partition coefficient (Wildman–Crippen LogP) is 1.95. The van der Waals surface area contributed by atoms with Crippen molar-refractivity contribution < 1.29 is 19.4 Å². The van der Waals surface area contributed by atoms with E-state index < -0.39 is 5.97 Å². The predicted molar refractivity (Wildman–Crippen MR) is 102 cm³/mol. The SMILES string of the molecule is COC(=O)C1=C(Nc2ccccc2Cc2ccccc2)C(=O)N(CCO)C1. The Morgan fingerprint density at radius 2 is 1.85 bits per heavy atom. The van der Waals surface area contributed by atoms with E-state index in [1.807, 2.05) is 54.6 Å². The number of nitrogens with zero attached hydrogens (tertiary/aromatic N) is 1. The van der Waals surface area contributed by atoms with E-state index in [0.717, 1.165) is 16.8 Å². The van der Waals surface area contributed by atoms with E-state index in [0.29, 0.717) is 6.42 Å². The number of hydrogen-bond acceptors (Lipinski definition) is 5. The van der Waals surface area contributed by atoms with Crippen molar-refractivity contribution in [3.63, 3.8) is 0 Å². The molecule has 0 aliphatic carbocycles. The van der Waals surface area contributed by atoms with E-state index in [-0.39, 0.29) is 36.9 Å². The lowest BCUT2D eigenvalue weighted by atomic mass is 10.0. The molecular weight excluding hydrogens is 344 g/mol. The minimum atomic E-state index is -0.549. The fourth-order valence-electron chi connectivity index (χ4n) is 3.10. The van der Waals surface area contributed by atoms with Crippen LogP contribution in [0.3, 0.4) is 0 Å². The Bertz CT molecular complexity index is 861. The molecule has 0 saturated carbocycles. The number of para-hydroxylation sites is 1. The first-order chi connectivity index (χ1) is 13.1. The molecule has 0 bridgehead atoms. The summed E-state index contributed by atoms with van der Waals surface area (Å²) >= 11 is 0. The van der Waals surface area contributed by atoms with Crippen molar-refractivity contribution >= 4 is 17.6 Å². The van der Waals surface area contributed by atoms with Crippen LogP contribution in [0.2, 0.25) is 0 Å². The van der Waals surface area contributed by atoms with Crippen LogP contribution < -0.4 is 5.32 Å². The highest BCUT2D eigenvalue weighted by molar-refractivity contribution is 6.08. The summed E-state index contributed by atoms with van der Waals surface area (Å²) in [5.74, 6) is -0.870. The number of β-amino-alcohol motifs (C(OH)–C–C–N with tert-alkyl or cyclic N) is 1. The second-order valence-electron chi connectivity index (χ2n) is 6.24. The van der Waals surface area contributed by atoms with Crippen LogP contribution in [0.15, 0.2) is 65.9 Å². The first-order valence-corrected chi connectivity index (χ1v) is 8.74. The van der Waals surface area contributed by atoms with Crippen LogP contribution >= 0.6 is 0 Å². The number of benzene rings is 2. The quantitative estimate of drug-likeness (QED) is 0.733. The monoisotopic (exact) mass is 366 g/mol. The van der Waals surface area contributed by atoms with Crippen molar-refractivity contribution in [1.29, 1.82) is 0 Å². The van der Waals surface area contributed by atoms with Gasteiger partial charge < -0.3 is 20.1 Å². The Morgan fingerprint density at radius 1 is 1.15 bits per heavy atom. The summed E-state index contributed by atoms with van der Waals surface area (Å²) in [6.07, 6.45) is 0.694. The molecule has 0 radical (unpaired) electrons. The maximum atomic E-state index is 12.7. The molecule has 1 heterocycles. The highest BCUT2D eigenvalue weighted by Gasteiger charge is 2.34. The molecule has 6 heteroatoms. The zero-order chi connectivity index (χ0) is 19.2. The van der Waals surface area contributed by atoms with Crippen molar-refractivity contribution in [1.82, 2.24) is 4.90 Å². The number of amides is 1. The summed E-state index contributed by atoms with van der Waals surface area (Å²) < 4.78 is 4.82. The number of aliphatic hydroxyl groups excluding tert-OH is 1. The van der Waals surface area contributed by atoms with Crippen LogP contribution in [0, 0.1) is 0 Å². The number of ether oxygens (including phenoxy) is 1. The highest BCUT2D eigenvalue weighted by Crippen LogP contribution is 2.26. The van der Waals surface area contributed by atoms with Gasteiger partial charge in [0.25, 0.3) is 5.91 Å². The van der Waals surface area contributed by atoms with E-state index in [4.69, 9.17) is 9.84 Å². The van der Waals surface area contributed by atoms with Gasteiger partial charge in [0.2, 0.25) is 0 Å². The van der Waals surface area contributed by atoms with Crippen LogP contribution in [0.25, 0.3) is 0 Å². The van der Waals surface area contributed by atoms with Crippen molar-refractivity contribution in [3.05, 3.63) is 77.0 Å². The van der Waals surface area contributed by atoms with Crippen LogP contribution in [0.5, 0.6) is 0 Å². The third-order valence-electron chi connectivity index (χ3n) is 4.47. The molecule has 140 valence electrons. The molecule has 1 aliphatic rings. The van der Waals surface area contributed by atoms with E-state index >= 15 is 0 Å². The lowest BCUT2D eigenvalue weighted by molar-refractivity contribution is -0.136. The van der Waals surface area contributed by atoms with Crippen molar-refractivity contribution in [3.8, 4) is 0 Å². The normalized spacial score (nSPS) is 13.9. The van der Waals surface area contributed by atoms with Gasteiger partial charge in [-0.3, -0.25) is 4.79 Å². The molecular formula is C21H22N2O4. The number of nitrogens with one attached hydrogen (secondary N) is 1. The minimum Gasteiger partial charge on any atom is -0.466 e. The fourth-order valence-corrected chi connectivity index (χ4v) is 3.10. The molecule has 0 atom stereocenters. The van der Waals surface area contributed by atoms with Gasteiger partial charge in [0.05, 0.1) is 25.8 Å². The Kier molecular flexibility index (Phi) is 5.88. The van der Waals surface area contributed by atoms with Gasteiger partial charge in [-0.1, -0.05) is 48.5 Å². The molecule has 1 aliphatic heterocycles. The Labute approximate surface area is 158 Å². The number of aliphatic hydroxyl groups is 1. The first-order valence-electron chi connectivity index (χ1n) is 8.74. The zero-order valence-electron chi connectivity index (χ0n) is 15.1. The van der Waals surface area contributed by atoms with E-state index in [2.05, 4.69) is 5.32 Å². The van der Waals surface area contributed by atoms with Gasteiger partial charge in [-0.2, -0.15) is 0 Å². The summed E-state index contributed by atoms with van der Waals surface area (Å²) in [5.41, 5.74) is 3.39. The smallest absolute Gasteiger partial charge is 0.337 e. The van der Waals surface area contributed by atoms with Gasteiger partial charge in [0, 0.05) is 12.2 Å². The largest absolute Gasteiger partial charge is 0.466 e. The number of carbonyl (C=O) groups is 2. The second kappa shape index (κ2) is 8.51. The van der Waals surface area contributed by atoms with Crippen molar-refractivity contribution in [2.75, 3.05) is 32.1 Å². The molecule has 0 aromatic heterocycles. The Morgan fingerprint density at radius 3 is 2.56 bits per heavy atom. The average Bonchev–Trinajstić information content (AvgIpc) is 3.00. The topological polar surface area (TPSA) is 78.9 Å². The summed E-state index contributed by atoms with van der Waals surface area (Å²) in [6, 6.07) is 17.7. The van der Waals surface area contributed by atoms with Gasteiger partial charge in [-0.25, -0.2) is 4.79 Å². The molecule has 2 aromatic carbocycles. The average molecular weight is 366 g/mol. The van der Waals surface area contributed by atoms with Crippen molar-refractivity contribution in [2.45, 2.75) is 6.42 Å².